The Morgan fingerprint density at radius 3 is 0.975 bits per heavy atom. The predicted molar refractivity (Wildman–Crippen MR) is 517 cm³/mol. The van der Waals surface area contributed by atoms with Crippen LogP contribution < -0.4 is 5.73 Å². The molecule has 0 aromatic heterocycles. The third-order valence-corrected chi connectivity index (χ3v) is 22.2. The zero-order valence-electron chi connectivity index (χ0n) is 77.1. The first-order valence-corrected chi connectivity index (χ1v) is 42.8. The van der Waals surface area contributed by atoms with Gasteiger partial charge in [0.25, 0.3) is 0 Å². The molecule has 0 radical (unpaired) electrons. The van der Waals surface area contributed by atoms with Gasteiger partial charge in [0.05, 0.1) is 10.6 Å². The number of nitrogens with two attached hydrogens (primary N) is 1. The van der Waals surface area contributed by atoms with Crippen molar-refractivity contribution in [2.75, 3.05) is 0 Å². The molecule has 6 N–H and O–H groups in total. The molecule has 15 heteroatoms. The first kappa shape index (κ1) is 107. The molecule has 0 spiro atoms. The molecule has 118 heavy (non-hydrogen) atoms. The number of fused-ring (bicyclic) bond motifs is 1. The van der Waals surface area contributed by atoms with Crippen molar-refractivity contribution >= 4 is 109 Å². The van der Waals surface area contributed by atoms with Gasteiger partial charge in [-0.1, -0.05) is 376 Å². The van der Waals surface area contributed by atoms with Crippen LogP contribution in [-0.4, -0.2) is 26.3 Å². The number of aryl methyl sites for hydroxylation is 8. The second-order valence-corrected chi connectivity index (χ2v) is 43.1. The summed E-state index contributed by atoms with van der Waals surface area (Å²) in [6, 6.07) is 48.5. The Kier molecular flexibility index (Phi) is 39.5. The van der Waals surface area contributed by atoms with E-state index in [1.165, 1.54) is 39.1 Å². The lowest BCUT2D eigenvalue weighted by molar-refractivity contribution is 0.1000. The lowest BCUT2D eigenvalue weighted by atomic mass is 9.84. The van der Waals surface area contributed by atoms with E-state index >= 15 is 0 Å². The molecule has 0 bridgehead atoms. The third-order valence-electron chi connectivity index (χ3n) is 19.2. The largest absolute Gasteiger partial charge is 0.508 e. The van der Waals surface area contributed by atoms with Crippen molar-refractivity contribution in [2.24, 2.45) is 5.73 Å². The Bertz CT molecular complexity index is 4620. The average molecular weight is 1770 g/mol. The summed E-state index contributed by atoms with van der Waals surface area (Å²) < 4.78 is 13.0. The number of carbonyl (C=O) groups excluding carboxylic acids is 1. The number of benzene rings is 10. The molecule has 646 valence electrons. The molecule has 10 rings (SSSR count). The molecular weight excluding hydrogens is 1630 g/mol. The fraction of sp³-hybridized carbons (Fsp3) is 0.427. The zero-order chi connectivity index (χ0) is 91.8. The van der Waals surface area contributed by atoms with Crippen LogP contribution in [0.3, 0.4) is 0 Å². The topological polar surface area (TPSA) is 124 Å². The Balaban J connectivity index is 0.000000450. The maximum Gasteiger partial charge on any atom is 0.250 e. The molecule has 0 fully saturated rings. The minimum atomic E-state index is -0.478. The van der Waals surface area contributed by atoms with Crippen molar-refractivity contribution in [1.82, 2.24) is 0 Å². The Labute approximate surface area is 750 Å². The average Bonchev–Trinajstić information content (AvgIpc) is 0.786. The summed E-state index contributed by atoms with van der Waals surface area (Å²) in [6.07, 6.45) is 0. The molecule has 0 saturated heterocycles. The Morgan fingerprint density at radius 2 is 0.619 bits per heavy atom. The van der Waals surface area contributed by atoms with Gasteiger partial charge in [0.1, 0.15) is 28.8 Å². The minimum absolute atomic E-state index is 0.0143. The summed E-state index contributed by atoms with van der Waals surface area (Å²) in [4.78, 5) is 11.2. The number of primary amides is 1. The van der Waals surface area contributed by atoms with Crippen LogP contribution in [0, 0.1) is 61.2 Å². The molecule has 10 aromatic carbocycles. The van der Waals surface area contributed by atoms with E-state index in [1.807, 2.05) is 117 Å². The van der Waals surface area contributed by atoms with E-state index in [9.17, 15) is 29.6 Å². The number of phenols is 4. The smallest absolute Gasteiger partial charge is 0.250 e. The molecule has 0 unspecified atom stereocenters. The van der Waals surface area contributed by atoms with Crippen LogP contribution in [0.1, 0.15) is 292 Å². The number of amides is 1. The predicted octanol–water partition coefficient (Wildman–Crippen LogP) is 33.8. The van der Waals surface area contributed by atoms with Gasteiger partial charge >= 0.3 is 0 Å². The van der Waals surface area contributed by atoms with Gasteiger partial charge in [-0.3, -0.25) is 4.79 Å². The SMILES string of the molecule is CC(C)(C)c1cccc2ccccc12.Cc1cc(C(C)(C)C)c(Cl)cc1Cl.Cc1cc(C(C)(C)C)c(Cl)cc1Cl.Cc1cc(C(C)(C)C)c(O)cc1Cl.Cc1cc(C(C)(C)C)c(O)cc1Cl.Cc1cc(C(C)(C)C)c(O)cc1F.Cc1cc(C(C)(C)C)cc(C(N)=O)c1Cl.Cc1cc(Cl)cc(C(C)(C)C)c1.Cc1ccc(O)c(C(C)(C)C)c1. The number of halogens is 9. The van der Waals surface area contributed by atoms with Crippen molar-refractivity contribution in [3.63, 3.8) is 0 Å². The highest BCUT2D eigenvalue weighted by molar-refractivity contribution is 6.36. The molecule has 6 nitrogen and oxygen atoms in total. The molecule has 1 amide bonds. The van der Waals surface area contributed by atoms with Crippen LogP contribution in [0.5, 0.6) is 23.0 Å². The molecule has 0 heterocycles. The number of rotatable bonds is 1. The Hall–Kier alpha value is -6.62. The standard InChI is InChI=1S/C14H16.C12H16ClNO.2C11H14Cl2.2C11H15ClO.C11H15Cl.C11H15FO.C11H16O/c1-14(2,3)13-10-6-8-11-7-4-5-9-12(11)13;1-7-5-8(12(2,3)4)6-9(10(7)13)11(14)15;4*1-7-5-8(11(2,3)4)10(13)6-9(7)12;1-8-5-9(11(2,3)4)7-10(12)6-8;1-7-5-8(11(2,3)4)10(13)6-9(7)12;1-8-5-6-10(12)9(7-8)11(2,3)4/h4-10H,1-3H3;5-6H,1-4H3,(H2,14,15);2*5-6H,1-4H3;2*5-6,13H,1-4H3;5-7H,1-4H3;5-6,13H,1-4H3;5-7,12H,1-4H3. The van der Waals surface area contributed by atoms with Crippen LogP contribution in [0.15, 0.2) is 152 Å². The maximum absolute atomic E-state index is 13.0. The monoisotopic (exact) mass is 1770 g/mol. The van der Waals surface area contributed by atoms with Crippen molar-refractivity contribution < 1.29 is 29.6 Å². The number of aromatic hydroxyl groups is 4. The van der Waals surface area contributed by atoms with Gasteiger partial charge in [-0.05, 0) is 259 Å². The van der Waals surface area contributed by atoms with E-state index in [4.69, 9.17) is 98.5 Å². The molecular formula is C103H136Cl8FNO5. The van der Waals surface area contributed by atoms with E-state index < -0.39 is 5.91 Å². The van der Waals surface area contributed by atoms with Crippen LogP contribution >= 0.6 is 92.8 Å². The molecule has 10 aromatic rings. The van der Waals surface area contributed by atoms with Gasteiger partial charge in [-0.2, -0.15) is 0 Å². The molecule has 0 aliphatic rings. The van der Waals surface area contributed by atoms with E-state index in [-0.39, 0.29) is 71.8 Å². The quantitative estimate of drug-likeness (QED) is 0.112. The second kappa shape index (κ2) is 43.4. The van der Waals surface area contributed by atoms with Crippen molar-refractivity contribution in [3.05, 3.63) is 298 Å². The normalized spacial score (nSPS) is 11.8. The van der Waals surface area contributed by atoms with Gasteiger partial charge in [0, 0.05) is 41.2 Å². The highest BCUT2D eigenvalue weighted by Crippen LogP contribution is 2.40. The highest BCUT2D eigenvalue weighted by Gasteiger charge is 2.26. The van der Waals surface area contributed by atoms with E-state index in [1.54, 1.807) is 37.3 Å². The van der Waals surface area contributed by atoms with Gasteiger partial charge < -0.3 is 26.2 Å². The van der Waals surface area contributed by atoms with E-state index in [0.29, 0.717) is 31.9 Å². The fourth-order valence-corrected chi connectivity index (χ4v) is 14.1. The molecule has 0 aliphatic heterocycles. The summed E-state index contributed by atoms with van der Waals surface area (Å²) in [5.41, 5.74) is 23.8. The van der Waals surface area contributed by atoms with Gasteiger partial charge in [0.2, 0.25) is 5.91 Å². The fourth-order valence-electron chi connectivity index (χ4n) is 12.0. The lowest BCUT2D eigenvalue weighted by Gasteiger charge is -2.21. The highest BCUT2D eigenvalue weighted by atomic mass is 35.5. The van der Waals surface area contributed by atoms with Crippen LogP contribution in [0.4, 0.5) is 4.39 Å². The van der Waals surface area contributed by atoms with Gasteiger partial charge in [0.15, 0.2) is 0 Å². The maximum atomic E-state index is 13.0. The van der Waals surface area contributed by atoms with Crippen LogP contribution in [0.2, 0.25) is 40.2 Å². The molecule has 0 atom stereocenters. The summed E-state index contributed by atoms with van der Waals surface area (Å²) in [7, 11) is 0. The summed E-state index contributed by atoms with van der Waals surface area (Å²) in [5.74, 6) is 0.162. The zero-order valence-corrected chi connectivity index (χ0v) is 83.2. The number of carbonyl (C=O) groups is 1. The summed E-state index contributed by atoms with van der Waals surface area (Å²) in [6.45, 7) is 72.6. The first-order valence-electron chi connectivity index (χ1n) is 39.8. The van der Waals surface area contributed by atoms with Gasteiger partial charge in [-0.15, -0.1) is 0 Å². The number of phenolic OH excluding ortho intramolecular Hbond substituents is 4. The van der Waals surface area contributed by atoms with Crippen molar-refractivity contribution in [3.8, 4) is 23.0 Å². The van der Waals surface area contributed by atoms with E-state index in [2.05, 4.69) is 234 Å². The second-order valence-electron chi connectivity index (χ2n) is 39.9. The van der Waals surface area contributed by atoms with Gasteiger partial charge in [-0.25, -0.2) is 4.39 Å². The summed E-state index contributed by atoms with van der Waals surface area (Å²) in [5, 5.41) is 46.6. The summed E-state index contributed by atoms with van der Waals surface area (Å²) >= 11 is 47.8. The van der Waals surface area contributed by atoms with Crippen molar-refractivity contribution in [1.29, 1.82) is 0 Å². The lowest BCUT2D eigenvalue weighted by Crippen LogP contribution is -2.17. The Morgan fingerprint density at radius 1 is 0.288 bits per heavy atom. The van der Waals surface area contributed by atoms with Crippen LogP contribution in [-0.2, 0) is 48.7 Å². The number of hydrogen-bond acceptors (Lipinski definition) is 5. The van der Waals surface area contributed by atoms with Crippen molar-refractivity contribution in [2.45, 2.75) is 291 Å². The number of hydrogen-bond donors (Lipinski definition) is 5. The van der Waals surface area contributed by atoms with E-state index in [0.717, 1.165) is 91.9 Å². The molecule has 0 saturated carbocycles. The van der Waals surface area contributed by atoms with Crippen LogP contribution in [0.25, 0.3) is 10.8 Å². The minimum Gasteiger partial charge on any atom is -0.508 e. The third kappa shape index (κ3) is 34.4. The molecule has 0 aliphatic carbocycles. The first-order chi connectivity index (χ1) is 53.2.